The Balaban J connectivity index is 1.63. The molecule has 0 fully saturated rings. The normalized spacial score (nSPS) is 10.5. The van der Waals surface area contributed by atoms with Crippen LogP contribution in [-0.2, 0) is 0 Å². The molecule has 3 rings (SSSR count). The molecule has 2 aromatic carbocycles. The van der Waals surface area contributed by atoms with Gasteiger partial charge in [0.25, 0.3) is 0 Å². The number of rotatable bonds is 5. The second-order valence-corrected chi connectivity index (χ2v) is 6.41. The van der Waals surface area contributed by atoms with E-state index in [-0.39, 0.29) is 6.10 Å². The zero-order valence-corrected chi connectivity index (χ0v) is 14.7. The van der Waals surface area contributed by atoms with E-state index < -0.39 is 6.09 Å². The lowest BCUT2D eigenvalue weighted by molar-refractivity contribution is 0.215. The molecule has 25 heavy (non-hydrogen) atoms. The molecule has 0 saturated carbocycles. The van der Waals surface area contributed by atoms with E-state index in [1.165, 1.54) is 11.3 Å². The molecule has 3 aromatic rings. The quantitative estimate of drug-likeness (QED) is 0.683. The van der Waals surface area contributed by atoms with Crippen LogP contribution in [0.5, 0.6) is 11.5 Å². The van der Waals surface area contributed by atoms with Crippen LogP contribution in [0.3, 0.4) is 0 Å². The van der Waals surface area contributed by atoms with Gasteiger partial charge in [0.15, 0.2) is 5.13 Å². The van der Waals surface area contributed by atoms with Gasteiger partial charge in [0.05, 0.1) is 11.8 Å². The van der Waals surface area contributed by atoms with E-state index in [1.54, 1.807) is 24.3 Å². The minimum atomic E-state index is -0.562. The number of aromatic nitrogens is 1. The number of nitrogens with one attached hydrogen (secondary N) is 1. The van der Waals surface area contributed by atoms with Crippen LogP contribution in [0.1, 0.15) is 13.8 Å². The fraction of sp³-hybridized carbons (Fsp3) is 0.158. The largest absolute Gasteiger partial charge is 0.491 e. The molecule has 128 valence electrons. The molecule has 5 nitrogen and oxygen atoms in total. The lowest BCUT2D eigenvalue weighted by atomic mass is 10.2. The molecule has 1 N–H and O–H groups in total. The maximum atomic E-state index is 11.9. The van der Waals surface area contributed by atoms with Gasteiger partial charge < -0.3 is 9.47 Å². The fourth-order valence-electron chi connectivity index (χ4n) is 2.15. The Bertz CT molecular complexity index is 829. The van der Waals surface area contributed by atoms with Gasteiger partial charge >= 0.3 is 6.09 Å². The summed E-state index contributed by atoms with van der Waals surface area (Å²) >= 11 is 1.34. The Kier molecular flexibility index (Phi) is 5.30. The third-order valence-corrected chi connectivity index (χ3v) is 3.95. The number of anilines is 1. The van der Waals surface area contributed by atoms with E-state index in [9.17, 15) is 4.79 Å². The summed E-state index contributed by atoms with van der Waals surface area (Å²) in [6.45, 7) is 3.97. The molecule has 0 aliphatic carbocycles. The monoisotopic (exact) mass is 354 g/mol. The van der Waals surface area contributed by atoms with Gasteiger partial charge in [-0.1, -0.05) is 18.2 Å². The van der Waals surface area contributed by atoms with Gasteiger partial charge in [0, 0.05) is 10.9 Å². The van der Waals surface area contributed by atoms with Crippen molar-refractivity contribution in [1.29, 1.82) is 0 Å². The number of ether oxygens (including phenoxy) is 2. The Morgan fingerprint density at radius 1 is 1.04 bits per heavy atom. The van der Waals surface area contributed by atoms with Crippen LogP contribution >= 0.6 is 11.3 Å². The minimum absolute atomic E-state index is 0.136. The summed E-state index contributed by atoms with van der Waals surface area (Å²) in [6.07, 6.45) is -0.427. The molecule has 0 atom stereocenters. The first-order chi connectivity index (χ1) is 12.1. The molecule has 0 aliphatic rings. The first kappa shape index (κ1) is 17.0. The van der Waals surface area contributed by atoms with Crippen molar-refractivity contribution in [2.24, 2.45) is 0 Å². The summed E-state index contributed by atoms with van der Waals surface area (Å²) < 4.78 is 10.8. The van der Waals surface area contributed by atoms with Crippen LogP contribution in [0.25, 0.3) is 11.3 Å². The Morgan fingerprint density at radius 3 is 2.44 bits per heavy atom. The molecule has 6 heteroatoms. The number of hydrogen-bond donors (Lipinski definition) is 1. The molecule has 1 amide bonds. The number of benzene rings is 2. The van der Waals surface area contributed by atoms with Crippen LogP contribution in [-0.4, -0.2) is 17.2 Å². The van der Waals surface area contributed by atoms with Crippen LogP contribution in [0.4, 0.5) is 9.93 Å². The Morgan fingerprint density at radius 2 is 1.76 bits per heavy atom. The average molecular weight is 354 g/mol. The zero-order chi connectivity index (χ0) is 17.6. The number of amides is 1. The predicted molar refractivity (Wildman–Crippen MR) is 99.4 cm³/mol. The summed E-state index contributed by atoms with van der Waals surface area (Å²) in [7, 11) is 0. The van der Waals surface area contributed by atoms with E-state index >= 15 is 0 Å². The molecule has 0 aliphatic heterocycles. The predicted octanol–water partition coefficient (Wildman–Crippen LogP) is 5.21. The van der Waals surface area contributed by atoms with Crippen molar-refractivity contribution < 1.29 is 14.3 Å². The zero-order valence-electron chi connectivity index (χ0n) is 13.9. The van der Waals surface area contributed by atoms with Gasteiger partial charge in [-0.3, -0.25) is 5.32 Å². The molecular weight excluding hydrogens is 336 g/mol. The van der Waals surface area contributed by atoms with Gasteiger partial charge in [-0.25, -0.2) is 9.78 Å². The van der Waals surface area contributed by atoms with E-state index in [0.717, 1.165) is 17.0 Å². The van der Waals surface area contributed by atoms with E-state index in [4.69, 9.17) is 9.47 Å². The van der Waals surface area contributed by atoms with Crippen molar-refractivity contribution in [3.8, 4) is 22.8 Å². The standard InChI is InChI=1S/C19H18N2O3S/c1-13(2)23-16-10-8-14(9-11-16)17-12-25-18(20-17)21-19(22)24-15-6-4-3-5-7-15/h3-13H,1-2H3,(H,20,21,22). The highest BCUT2D eigenvalue weighted by Crippen LogP contribution is 2.27. The lowest BCUT2D eigenvalue weighted by Gasteiger charge is -2.09. The molecular formula is C19H18N2O3S. The van der Waals surface area contributed by atoms with Gasteiger partial charge in [0.1, 0.15) is 11.5 Å². The third kappa shape index (κ3) is 4.81. The Hall–Kier alpha value is -2.86. The van der Waals surface area contributed by atoms with Gasteiger partial charge in [0.2, 0.25) is 0 Å². The van der Waals surface area contributed by atoms with Crippen LogP contribution in [0, 0.1) is 0 Å². The van der Waals surface area contributed by atoms with Crippen molar-refractivity contribution in [2.75, 3.05) is 5.32 Å². The molecule has 0 saturated heterocycles. The summed E-state index contributed by atoms with van der Waals surface area (Å²) in [5.74, 6) is 1.30. The first-order valence-corrected chi connectivity index (χ1v) is 8.74. The SMILES string of the molecule is CC(C)Oc1ccc(-c2csc(NC(=O)Oc3ccccc3)n2)cc1. The molecule has 0 radical (unpaired) electrons. The van der Waals surface area contributed by atoms with Gasteiger partial charge in [-0.15, -0.1) is 11.3 Å². The summed E-state index contributed by atoms with van der Waals surface area (Å²) in [5.41, 5.74) is 1.74. The van der Waals surface area contributed by atoms with Crippen molar-refractivity contribution in [3.05, 3.63) is 60.0 Å². The maximum absolute atomic E-state index is 11.9. The number of para-hydroxylation sites is 1. The third-order valence-electron chi connectivity index (χ3n) is 3.19. The highest BCUT2D eigenvalue weighted by molar-refractivity contribution is 7.14. The number of nitrogens with zero attached hydrogens (tertiary/aromatic N) is 1. The number of carbonyl (C=O) groups excluding carboxylic acids is 1. The van der Waals surface area contributed by atoms with Gasteiger partial charge in [-0.2, -0.15) is 0 Å². The van der Waals surface area contributed by atoms with Crippen LogP contribution in [0.2, 0.25) is 0 Å². The number of hydrogen-bond acceptors (Lipinski definition) is 5. The Labute approximate surface area is 150 Å². The molecule has 0 bridgehead atoms. The van der Waals surface area contributed by atoms with Crippen LogP contribution in [0.15, 0.2) is 60.0 Å². The molecule has 0 unspecified atom stereocenters. The van der Waals surface area contributed by atoms with Crippen molar-refractivity contribution in [2.45, 2.75) is 20.0 Å². The summed E-state index contributed by atoms with van der Waals surface area (Å²) in [5, 5.41) is 5.01. The van der Waals surface area contributed by atoms with E-state index in [1.807, 2.05) is 49.6 Å². The first-order valence-electron chi connectivity index (χ1n) is 7.86. The molecule has 0 spiro atoms. The number of thiazole rings is 1. The summed E-state index contributed by atoms with van der Waals surface area (Å²) in [6, 6.07) is 16.6. The fourth-order valence-corrected chi connectivity index (χ4v) is 2.85. The highest BCUT2D eigenvalue weighted by Gasteiger charge is 2.10. The van der Waals surface area contributed by atoms with Crippen molar-refractivity contribution in [3.63, 3.8) is 0 Å². The molecule has 1 aromatic heterocycles. The summed E-state index contributed by atoms with van der Waals surface area (Å²) in [4.78, 5) is 16.3. The smallest absolute Gasteiger partial charge is 0.418 e. The van der Waals surface area contributed by atoms with E-state index in [2.05, 4.69) is 10.3 Å². The lowest BCUT2D eigenvalue weighted by Crippen LogP contribution is -2.16. The minimum Gasteiger partial charge on any atom is -0.491 e. The van der Waals surface area contributed by atoms with E-state index in [0.29, 0.717) is 10.9 Å². The highest BCUT2D eigenvalue weighted by atomic mass is 32.1. The molecule has 1 heterocycles. The van der Waals surface area contributed by atoms with Crippen LogP contribution < -0.4 is 14.8 Å². The second-order valence-electron chi connectivity index (χ2n) is 5.56. The van der Waals surface area contributed by atoms with Crippen molar-refractivity contribution >= 4 is 22.6 Å². The number of carbonyl (C=O) groups is 1. The van der Waals surface area contributed by atoms with Gasteiger partial charge in [-0.05, 0) is 50.2 Å². The van der Waals surface area contributed by atoms with Crippen molar-refractivity contribution in [1.82, 2.24) is 4.98 Å². The second kappa shape index (κ2) is 7.81. The average Bonchev–Trinajstić information content (AvgIpc) is 3.04. The maximum Gasteiger partial charge on any atom is 0.418 e. The topological polar surface area (TPSA) is 60.5 Å².